The lowest BCUT2D eigenvalue weighted by molar-refractivity contribution is -0.157. The summed E-state index contributed by atoms with van der Waals surface area (Å²) in [5.74, 6) is -0.280. The molecule has 0 bridgehead atoms. The SMILES string of the molecule is CCNC(=NCC(=O)N(C)CC(F)(F)F)NC(C)c1ccc2c(c1)CCCC2.I. The van der Waals surface area contributed by atoms with E-state index >= 15 is 0 Å². The molecule has 164 valence electrons. The maximum atomic E-state index is 12.4. The molecule has 29 heavy (non-hydrogen) atoms. The first-order chi connectivity index (χ1) is 13.2. The molecular weight excluding hydrogens is 496 g/mol. The predicted molar refractivity (Wildman–Crippen MR) is 120 cm³/mol. The van der Waals surface area contributed by atoms with Gasteiger partial charge >= 0.3 is 6.18 Å². The Bertz CT molecular complexity index is 709. The Labute approximate surface area is 187 Å². The molecule has 2 rings (SSSR count). The number of carbonyl (C=O) groups is 1. The fourth-order valence-corrected chi connectivity index (χ4v) is 3.26. The number of guanidine groups is 1. The molecule has 9 heteroatoms. The molecule has 1 aliphatic rings. The minimum Gasteiger partial charge on any atom is -0.357 e. The van der Waals surface area contributed by atoms with Crippen molar-refractivity contribution in [2.24, 2.45) is 4.99 Å². The second kappa shape index (κ2) is 11.6. The maximum Gasteiger partial charge on any atom is 0.406 e. The summed E-state index contributed by atoms with van der Waals surface area (Å²) in [6, 6.07) is 6.42. The Hall–Kier alpha value is -1.52. The standard InChI is InChI=1S/C20H29F3N4O.HI/c1-4-24-19(25-12-18(28)27(3)13-20(21,22)23)26-14(2)16-10-9-15-7-5-6-8-17(15)11-16;/h9-11,14H,4-8,12-13H2,1-3H3,(H2,24,25,26);1H. The van der Waals surface area contributed by atoms with Crippen molar-refractivity contribution in [2.75, 3.05) is 26.7 Å². The number of aryl methyl sites for hydroxylation is 2. The van der Waals surface area contributed by atoms with Crippen LogP contribution in [0.15, 0.2) is 23.2 Å². The highest BCUT2D eigenvalue weighted by Gasteiger charge is 2.31. The van der Waals surface area contributed by atoms with Crippen LogP contribution < -0.4 is 10.6 Å². The number of alkyl halides is 3. The number of nitrogens with zero attached hydrogens (tertiary/aromatic N) is 2. The van der Waals surface area contributed by atoms with Gasteiger partial charge in [-0.25, -0.2) is 4.99 Å². The number of rotatable bonds is 6. The van der Waals surface area contributed by atoms with Crippen molar-refractivity contribution in [3.63, 3.8) is 0 Å². The Morgan fingerprint density at radius 2 is 1.90 bits per heavy atom. The monoisotopic (exact) mass is 526 g/mol. The third kappa shape index (κ3) is 8.39. The first-order valence-corrected chi connectivity index (χ1v) is 9.67. The topological polar surface area (TPSA) is 56.7 Å². The van der Waals surface area contributed by atoms with E-state index in [1.165, 1.54) is 24.0 Å². The van der Waals surface area contributed by atoms with Crippen molar-refractivity contribution in [3.8, 4) is 0 Å². The molecule has 1 aromatic rings. The predicted octanol–water partition coefficient (Wildman–Crippen LogP) is 3.82. The number of nitrogens with one attached hydrogen (secondary N) is 2. The van der Waals surface area contributed by atoms with E-state index in [1.54, 1.807) is 0 Å². The van der Waals surface area contributed by atoms with Crippen molar-refractivity contribution >= 4 is 35.8 Å². The van der Waals surface area contributed by atoms with Crippen LogP contribution in [0.25, 0.3) is 0 Å². The number of fused-ring (bicyclic) bond motifs is 1. The number of likely N-dealkylation sites (N-methyl/N-ethyl adjacent to an activating group) is 1. The third-order valence-electron chi connectivity index (χ3n) is 4.78. The summed E-state index contributed by atoms with van der Waals surface area (Å²) in [6.45, 7) is 2.83. The summed E-state index contributed by atoms with van der Waals surface area (Å²) in [6.07, 6.45) is 0.223. The molecule has 5 nitrogen and oxygen atoms in total. The van der Waals surface area contributed by atoms with Gasteiger partial charge in [-0.05, 0) is 56.2 Å². The first kappa shape index (κ1) is 25.5. The molecule has 0 aromatic heterocycles. The normalized spacial score (nSPS) is 15.0. The third-order valence-corrected chi connectivity index (χ3v) is 4.78. The second-order valence-corrected chi connectivity index (χ2v) is 7.16. The summed E-state index contributed by atoms with van der Waals surface area (Å²) in [5, 5.41) is 6.26. The summed E-state index contributed by atoms with van der Waals surface area (Å²) in [5.41, 5.74) is 3.90. The van der Waals surface area contributed by atoms with Crippen LogP contribution in [0.5, 0.6) is 0 Å². The molecule has 0 saturated heterocycles. The number of benzene rings is 1. The summed E-state index contributed by atoms with van der Waals surface area (Å²) in [7, 11) is 1.13. The van der Waals surface area contributed by atoms with Crippen LogP contribution in [0.3, 0.4) is 0 Å². The largest absolute Gasteiger partial charge is 0.406 e. The zero-order valence-electron chi connectivity index (χ0n) is 17.1. The van der Waals surface area contributed by atoms with E-state index in [0.29, 0.717) is 17.4 Å². The van der Waals surface area contributed by atoms with E-state index in [9.17, 15) is 18.0 Å². The highest BCUT2D eigenvalue weighted by Crippen LogP contribution is 2.24. The van der Waals surface area contributed by atoms with Crippen LogP contribution in [0.4, 0.5) is 13.2 Å². The van der Waals surface area contributed by atoms with E-state index in [4.69, 9.17) is 0 Å². The highest BCUT2D eigenvalue weighted by molar-refractivity contribution is 14.0. The quantitative estimate of drug-likeness (QED) is 0.337. The van der Waals surface area contributed by atoms with Crippen molar-refractivity contribution in [2.45, 2.75) is 51.7 Å². The number of amides is 1. The molecule has 0 fully saturated rings. The number of halogens is 4. The molecule has 1 atom stereocenters. The molecule has 0 spiro atoms. The van der Waals surface area contributed by atoms with Gasteiger partial charge in [-0.1, -0.05) is 18.2 Å². The minimum absolute atomic E-state index is 0. The average molecular weight is 526 g/mol. The van der Waals surface area contributed by atoms with E-state index in [2.05, 4.69) is 33.8 Å². The zero-order valence-corrected chi connectivity index (χ0v) is 19.4. The average Bonchev–Trinajstić information content (AvgIpc) is 2.64. The maximum absolute atomic E-state index is 12.4. The van der Waals surface area contributed by atoms with Crippen LogP contribution >= 0.6 is 24.0 Å². The number of hydrogen-bond donors (Lipinski definition) is 2. The smallest absolute Gasteiger partial charge is 0.357 e. The fraction of sp³-hybridized carbons (Fsp3) is 0.600. The van der Waals surface area contributed by atoms with Gasteiger partial charge in [0.05, 0.1) is 6.04 Å². The van der Waals surface area contributed by atoms with Gasteiger partial charge in [0.1, 0.15) is 13.1 Å². The van der Waals surface area contributed by atoms with E-state index < -0.39 is 18.6 Å². The number of carbonyl (C=O) groups excluding carboxylic acids is 1. The zero-order chi connectivity index (χ0) is 20.7. The van der Waals surface area contributed by atoms with Crippen LogP contribution in [-0.2, 0) is 17.6 Å². The van der Waals surface area contributed by atoms with Crippen molar-refractivity contribution in [3.05, 3.63) is 34.9 Å². The van der Waals surface area contributed by atoms with Gasteiger partial charge in [0.15, 0.2) is 5.96 Å². The Kier molecular flexibility index (Phi) is 10.2. The lowest BCUT2D eigenvalue weighted by atomic mass is 9.89. The van der Waals surface area contributed by atoms with Crippen LogP contribution in [0, 0.1) is 0 Å². The lowest BCUT2D eigenvalue weighted by Gasteiger charge is -2.22. The Morgan fingerprint density at radius 1 is 1.24 bits per heavy atom. The van der Waals surface area contributed by atoms with Gasteiger partial charge in [0.2, 0.25) is 5.91 Å². The van der Waals surface area contributed by atoms with Crippen molar-refractivity contribution in [1.29, 1.82) is 0 Å². The molecule has 1 amide bonds. The summed E-state index contributed by atoms with van der Waals surface area (Å²) in [4.78, 5) is 16.7. The van der Waals surface area contributed by atoms with E-state index in [-0.39, 0.29) is 36.6 Å². The van der Waals surface area contributed by atoms with Crippen molar-refractivity contribution < 1.29 is 18.0 Å². The molecular formula is C20H30F3IN4O. The molecule has 2 N–H and O–H groups in total. The van der Waals surface area contributed by atoms with E-state index in [1.807, 2.05) is 13.8 Å². The van der Waals surface area contributed by atoms with Gasteiger partial charge in [-0.15, -0.1) is 24.0 Å². The fourth-order valence-electron chi connectivity index (χ4n) is 3.26. The minimum atomic E-state index is -4.42. The van der Waals surface area contributed by atoms with Crippen LogP contribution in [-0.4, -0.2) is 49.6 Å². The molecule has 1 unspecified atom stereocenters. The molecule has 0 saturated carbocycles. The van der Waals surface area contributed by atoms with Crippen LogP contribution in [0.1, 0.15) is 49.4 Å². The molecule has 0 aliphatic heterocycles. The van der Waals surface area contributed by atoms with Crippen LogP contribution in [0.2, 0.25) is 0 Å². The summed E-state index contributed by atoms with van der Waals surface area (Å²) >= 11 is 0. The van der Waals surface area contributed by atoms with Gasteiger partial charge in [0, 0.05) is 13.6 Å². The molecule has 1 aromatic carbocycles. The molecule has 1 aliphatic carbocycles. The van der Waals surface area contributed by atoms with Gasteiger partial charge in [-0.2, -0.15) is 13.2 Å². The summed E-state index contributed by atoms with van der Waals surface area (Å²) < 4.78 is 37.2. The lowest BCUT2D eigenvalue weighted by Crippen LogP contribution is -2.41. The Morgan fingerprint density at radius 3 is 2.52 bits per heavy atom. The molecule has 0 heterocycles. The molecule has 0 radical (unpaired) electrons. The first-order valence-electron chi connectivity index (χ1n) is 9.67. The van der Waals surface area contributed by atoms with E-state index in [0.717, 1.165) is 25.5 Å². The number of aliphatic imine (C=N–C) groups is 1. The van der Waals surface area contributed by atoms with Gasteiger partial charge in [-0.3, -0.25) is 4.79 Å². The Balaban J connectivity index is 0.00000420. The highest BCUT2D eigenvalue weighted by atomic mass is 127. The van der Waals surface area contributed by atoms with Crippen molar-refractivity contribution in [1.82, 2.24) is 15.5 Å². The van der Waals surface area contributed by atoms with Gasteiger partial charge in [0.25, 0.3) is 0 Å². The second-order valence-electron chi connectivity index (χ2n) is 7.16. The number of hydrogen-bond acceptors (Lipinski definition) is 2. The van der Waals surface area contributed by atoms with Gasteiger partial charge < -0.3 is 15.5 Å².